The minimum absolute atomic E-state index is 0.232. The summed E-state index contributed by atoms with van der Waals surface area (Å²) in [6.45, 7) is 2.33. The van der Waals surface area contributed by atoms with Gasteiger partial charge in [0.2, 0.25) is 5.91 Å². The van der Waals surface area contributed by atoms with E-state index in [1.165, 1.54) is 0 Å². The van der Waals surface area contributed by atoms with Crippen molar-refractivity contribution in [3.8, 4) is 0 Å². The molecule has 1 aliphatic heterocycles. The Labute approximate surface area is 153 Å². The quantitative estimate of drug-likeness (QED) is 0.738. The second-order valence-electron chi connectivity index (χ2n) is 7.31. The number of hydrogen-bond acceptors (Lipinski definition) is 4. The highest BCUT2D eigenvalue weighted by Gasteiger charge is 2.52. The largest absolute Gasteiger partial charge is 0.354 e. The molecule has 4 amide bonds. The fourth-order valence-electron chi connectivity index (χ4n) is 3.89. The van der Waals surface area contributed by atoms with Crippen molar-refractivity contribution in [2.75, 3.05) is 13.1 Å². The van der Waals surface area contributed by atoms with Gasteiger partial charge in [0.05, 0.1) is 0 Å². The van der Waals surface area contributed by atoms with E-state index in [9.17, 15) is 14.4 Å². The summed E-state index contributed by atoms with van der Waals surface area (Å²) in [5.41, 5.74) is -0.796. The average Bonchev–Trinajstić information content (AvgIpc) is 3.13. The van der Waals surface area contributed by atoms with E-state index in [1.54, 1.807) is 6.20 Å². The van der Waals surface area contributed by atoms with Gasteiger partial charge in [-0.2, -0.15) is 0 Å². The van der Waals surface area contributed by atoms with Gasteiger partial charge in [-0.25, -0.2) is 9.78 Å². The highest BCUT2D eigenvalue weighted by molar-refractivity contribution is 6.09. The molecule has 2 heterocycles. The van der Waals surface area contributed by atoms with Crippen molar-refractivity contribution in [2.45, 2.75) is 51.0 Å². The smallest absolute Gasteiger partial charge is 0.325 e. The van der Waals surface area contributed by atoms with Gasteiger partial charge in [-0.1, -0.05) is 13.3 Å². The SMILES string of the molecule is CCC1CCC2(CC1)NC(=O)N(CC(=O)NCCc1nccn1C)C2=O. The maximum atomic E-state index is 12.8. The van der Waals surface area contributed by atoms with Gasteiger partial charge in [0.25, 0.3) is 5.91 Å². The van der Waals surface area contributed by atoms with Crippen LogP contribution in [0.4, 0.5) is 4.79 Å². The zero-order valence-corrected chi connectivity index (χ0v) is 15.5. The van der Waals surface area contributed by atoms with Crippen LogP contribution in [-0.4, -0.2) is 50.9 Å². The van der Waals surface area contributed by atoms with E-state index in [4.69, 9.17) is 0 Å². The predicted octanol–water partition coefficient (Wildman–Crippen LogP) is 0.970. The first-order valence-corrected chi connectivity index (χ1v) is 9.32. The second kappa shape index (κ2) is 7.47. The molecule has 2 N–H and O–H groups in total. The zero-order chi connectivity index (χ0) is 18.7. The van der Waals surface area contributed by atoms with Gasteiger partial charge in [-0.3, -0.25) is 14.5 Å². The Morgan fingerprint density at radius 1 is 1.38 bits per heavy atom. The van der Waals surface area contributed by atoms with Crippen LogP contribution in [0.3, 0.4) is 0 Å². The first-order valence-electron chi connectivity index (χ1n) is 9.32. The topological polar surface area (TPSA) is 96.3 Å². The lowest BCUT2D eigenvalue weighted by molar-refractivity contribution is -0.136. The first kappa shape index (κ1) is 18.4. The highest BCUT2D eigenvalue weighted by Crippen LogP contribution is 2.37. The number of carbonyl (C=O) groups is 3. The van der Waals surface area contributed by atoms with E-state index in [1.807, 2.05) is 17.8 Å². The van der Waals surface area contributed by atoms with Crippen molar-refractivity contribution in [2.24, 2.45) is 13.0 Å². The highest BCUT2D eigenvalue weighted by atomic mass is 16.2. The Kier molecular flexibility index (Phi) is 5.29. The molecule has 1 saturated heterocycles. The summed E-state index contributed by atoms with van der Waals surface area (Å²) >= 11 is 0. The van der Waals surface area contributed by atoms with Crippen molar-refractivity contribution in [1.29, 1.82) is 0 Å². The van der Waals surface area contributed by atoms with Gasteiger partial charge in [-0.05, 0) is 31.6 Å². The van der Waals surface area contributed by atoms with Crippen molar-refractivity contribution in [3.63, 3.8) is 0 Å². The fraction of sp³-hybridized carbons (Fsp3) is 0.667. The predicted molar refractivity (Wildman–Crippen MR) is 95.1 cm³/mol. The Hall–Kier alpha value is -2.38. The lowest BCUT2D eigenvalue weighted by Crippen LogP contribution is -2.50. The number of amides is 4. The van der Waals surface area contributed by atoms with E-state index >= 15 is 0 Å². The minimum Gasteiger partial charge on any atom is -0.354 e. The number of imidazole rings is 1. The van der Waals surface area contributed by atoms with Crippen LogP contribution in [0.15, 0.2) is 12.4 Å². The summed E-state index contributed by atoms with van der Waals surface area (Å²) in [4.78, 5) is 42.4. The lowest BCUT2D eigenvalue weighted by atomic mass is 9.75. The van der Waals surface area contributed by atoms with Crippen molar-refractivity contribution in [3.05, 3.63) is 18.2 Å². The molecule has 26 heavy (non-hydrogen) atoms. The van der Waals surface area contributed by atoms with Crippen LogP contribution in [-0.2, 0) is 23.1 Å². The molecule has 8 heteroatoms. The van der Waals surface area contributed by atoms with E-state index in [0.29, 0.717) is 31.7 Å². The molecule has 1 spiro atoms. The summed E-state index contributed by atoms with van der Waals surface area (Å²) in [6, 6.07) is -0.454. The molecular weight excluding hydrogens is 334 g/mol. The summed E-state index contributed by atoms with van der Waals surface area (Å²) in [7, 11) is 1.89. The molecule has 0 radical (unpaired) electrons. The molecule has 142 valence electrons. The van der Waals surface area contributed by atoms with Crippen LogP contribution in [0, 0.1) is 5.92 Å². The Bertz CT molecular complexity index is 691. The number of nitrogens with zero attached hydrogens (tertiary/aromatic N) is 3. The van der Waals surface area contributed by atoms with Crippen LogP contribution in [0.1, 0.15) is 44.9 Å². The third-order valence-corrected chi connectivity index (χ3v) is 5.68. The summed E-state index contributed by atoms with van der Waals surface area (Å²) < 4.78 is 1.89. The number of aryl methyl sites for hydroxylation is 1. The van der Waals surface area contributed by atoms with Gasteiger partial charge in [0, 0.05) is 32.4 Å². The second-order valence-corrected chi connectivity index (χ2v) is 7.31. The van der Waals surface area contributed by atoms with Crippen molar-refractivity contribution >= 4 is 17.8 Å². The van der Waals surface area contributed by atoms with E-state index in [0.717, 1.165) is 30.0 Å². The molecule has 0 atom stereocenters. The van der Waals surface area contributed by atoms with Crippen LogP contribution >= 0.6 is 0 Å². The summed E-state index contributed by atoms with van der Waals surface area (Å²) in [5.74, 6) is 0.902. The zero-order valence-electron chi connectivity index (χ0n) is 15.5. The summed E-state index contributed by atoms with van der Waals surface area (Å²) in [6.07, 6.45) is 8.44. The molecule has 2 aliphatic rings. The van der Waals surface area contributed by atoms with Crippen molar-refractivity contribution in [1.82, 2.24) is 25.1 Å². The number of carbonyl (C=O) groups excluding carboxylic acids is 3. The van der Waals surface area contributed by atoms with Gasteiger partial charge >= 0.3 is 6.03 Å². The monoisotopic (exact) mass is 361 g/mol. The fourth-order valence-corrected chi connectivity index (χ4v) is 3.89. The molecule has 8 nitrogen and oxygen atoms in total. The molecule has 3 rings (SSSR count). The summed E-state index contributed by atoms with van der Waals surface area (Å²) in [5, 5.41) is 5.61. The molecule has 0 aromatic carbocycles. The van der Waals surface area contributed by atoms with Gasteiger partial charge in [-0.15, -0.1) is 0 Å². The molecular formula is C18H27N5O3. The number of hydrogen-bond donors (Lipinski definition) is 2. The average molecular weight is 361 g/mol. The Morgan fingerprint density at radius 3 is 2.73 bits per heavy atom. The maximum absolute atomic E-state index is 12.8. The van der Waals surface area contributed by atoms with E-state index < -0.39 is 11.6 Å². The normalized spacial score (nSPS) is 25.6. The molecule has 1 aromatic heterocycles. The number of rotatable bonds is 6. The first-order chi connectivity index (χ1) is 12.4. The Balaban J connectivity index is 1.51. The van der Waals surface area contributed by atoms with Crippen LogP contribution < -0.4 is 10.6 Å². The van der Waals surface area contributed by atoms with Crippen molar-refractivity contribution < 1.29 is 14.4 Å². The molecule has 2 fully saturated rings. The molecule has 1 aliphatic carbocycles. The maximum Gasteiger partial charge on any atom is 0.325 e. The van der Waals surface area contributed by atoms with E-state index in [2.05, 4.69) is 22.5 Å². The van der Waals surface area contributed by atoms with Gasteiger partial charge < -0.3 is 15.2 Å². The molecule has 1 saturated carbocycles. The number of urea groups is 1. The molecule has 0 unspecified atom stereocenters. The minimum atomic E-state index is -0.796. The van der Waals surface area contributed by atoms with Crippen LogP contribution in [0.25, 0.3) is 0 Å². The number of nitrogens with one attached hydrogen (secondary N) is 2. The molecule has 1 aromatic rings. The Morgan fingerprint density at radius 2 is 2.12 bits per heavy atom. The third-order valence-electron chi connectivity index (χ3n) is 5.68. The van der Waals surface area contributed by atoms with E-state index in [-0.39, 0.29) is 18.4 Å². The number of imide groups is 1. The lowest BCUT2D eigenvalue weighted by Gasteiger charge is -2.34. The third kappa shape index (κ3) is 3.59. The standard InChI is InChI=1S/C18H27N5O3/c1-3-13-4-7-18(8-5-13)16(25)23(17(26)21-18)12-15(24)20-9-6-14-19-10-11-22(14)2/h10-11,13H,3-9,12H2,1-2H3,(H,20,24)(H,21,26). The van der Waals surface area contributed by atoms with Gasteiger partial charge in [0.1, 0.15) is 17.9 Å². The molecule has 0 bridgehead atoms. The van der Waals surface area contributed by atoms with Gasteiger partial charge in [0.15, 0.2) is 0 Å². The van der Waals surface area contributed by atoms with Crippen LogP contribution in [0.2, 0.25) is 0 Å². The number of aromatic nitrogens is 2. The van der Waals surface area contributed by atoms with Crippen LogP contribution in [0.5, 0.6) is 0 Å².